The summed E-state index contributed by atoms with van der Waals surface area (Å²) in [5.41, 5.74) is 0.757. The molecule has 1 aromatic rings. The van der Waals surface area contributed by atoms with E-state index in [0.29, 0.717) is 26.2 Å². The molecule has 1 spiro atoms. The maximum atomic E-state index is 13.3. The van der Waals surface area contributed by atoms with E-state index in [0.717, 1.165) is 83.2 Å². The first-order valence-corrected chi connectivity index (χ1v) is 11.9. The van der Waals surface area contributed by atoms with Crippen molar-refractivity contribution in [1.82, 2.24) is 19.6 Å². The number of nitrogens with zero attached hydrogens (tertiary/aromatic N) is 4. The molecule has 32 heavy (non-hydrogen) atoms. The van der Waals surface area contributed by atoms with Crippen molar-refractivity contribution in [2.75, 3.05) is 78.7 Å². The maximum absolute atomic E-state index is 13.3. The standard InChI is InChI=1S/C24H34N4O4/c29-22(18-26-13-16-32-21-4-2-1-3-20(21)17-26)28-8-6-24(19-28)5-7-27(23(24)30)10-9-25-11-14-31-15-12-25/h1-4H,5-19H2. The molecule has 5 rings (SSSR count). The summed E-state index contributed by atoms with van der Waals surface area (Å²) in [5, 5.41) is 0. The highest BCUT2D eigenvalue weighted by molar-refractivity contribution is 5.87. The van der Waals surface area contributed by atoms with Crippen molar-refractivity contribution in [3.63, 3.8) is 0 Å². The largest absolute Gasteiger partial charge is 0.492 e. The SMILES string of the molecule is O=C(CN1CCOc2ccccc2C1)N1CCC2(CCN(CCN3CCOCC3)C2=O)C1. The van der Waals surface area contributed by atoms with Crippen molar-refractivity contribution in [1.29, 1.82) is 0 Å². The second-order valence-electron chi connectivity index (χ2n) is 9.51. The quantitative estimate of drug-likeness (QED) is 0.668. The van der Waals surface area contributed by atoms with Crippen LogP contribution in [-0.4, -0.2) is 110 Å². The normalized spacial score (nSPS) is 26.9. The molecule has 0 N–H and O–H groups in total. The second kappa shape index (κ2) is 9.37. The Balaban J connectivity index is 1.14. The van der Waals surface area contributed by atoms with E-state index in [1.807, 2.05) is 28.0 Å². The van der Waals surface area contributed by atoms with E-state index in [2.05, 4.69) is 15.9 Å². The Kier molecular flexibility index (Phi) is 6.35. The molecule has 3 saturated heterocycles. The van der Waals surface area contributed by atoms with Crippen molar-refractivity contribution in [3.8, 4) is 5.75 Å². The van der Waals surface area contributed by atoms with Gasteiger partial charge in [0.05, 0.1) is 25.2 Å². The number of rotatable bonds is 5. The van der Waals surface area contributed by atoms with Crippen LogP contribution in [0.15, 0.2) is 24.3 Å². The Morgan fingerprint density at radius 3 is 2.59 bits per heavy atom. The van der Waals surface area contributed by atoms with E-state index in [9.17, 15) is 9.59 Å². The molecule has 4 aliphatic rings. The molecule has 0 aromatic heterocycles. The highest BCUT2D eigenvalue weighted by Gasteiger charge is 2.51. The van der Waals surface area contributed by atoms with Crippen LogP contribution in [0.5, 0.6) is 5.75 Å². The van der Waals surface area contributed by atoms with Crippen molar-refractivity contribution in [3.05, 3.63) is 29.8 Å². The Bertz CT molecular complexity index is 843. The van der Waals surface area contributed by atoms with Gasteiger partial charge in [-0.1, -0.05) is 18.2 Å². The van der Waals surface area contributed by atoms with Gasteiger partial charge in [-0.15, -0.1) is 0 Å². The molecule has 0 aliphatic carbocycles. The van der Waals surface area contributed by atoms with Crippen LogP contribution in [0.2, 0.25) is 0 Å². The van der Waals surface area contributed by atoms with Gasteiger partial charge in [-0.25, -0.2) is 0 Å². The maximum Gasteiger partial charge on any atom is 0.236 e. The Hall–Kier alpha value is -2.16. The highest BCUT2D eigenvalue weighted by Crippen LogP contribution is 2.40. The molecule has 8 heteroatoms. The monoisotopic (exact) mass is 442 g/mol. The van der Waals surface area contributed by atoms with Crippen LogP contribution in [0.4, 0.5) is 0 Å². The van der Waals surface area contributed by atoms with E-state index in [1.165, 1.54) is 0 Å². The summed E-state index contributed by atoms with van der Waals surface area (Å²) < 4.78 is 11.2. The van der Waals surface area contributed by atoms with E-state index < -0.39 is 0 Å². The van der Waals surface area contributed by atoms with Crippen LogP contribution in [0, 0.1) is 5.41 Å². The molecule has 2 amide bonds. The molecular formula is C24H34N4O4. The van der Waals surface area contributed by atoms with Gasteiger partial charge in [0.1, 0.15) is 12.4 Å². The average Bonchev–Trinajstić information content (AvgIpc) is 3.31. The van der Waals surface area contributed by atoms with Gasteiger partial charge in [-0.2, -0.15) is 0 Å². The van der Waals surface area contributed by atoms with Crippen LogP contribution >= 0.6 is 0 Å². The van der Waals surface area contributed by atoms with Crippen molar-refractivity contribution in [2.24, 2.45) is 5.41 Å². The number of hydrogen-bond donors (Lipinski definition) is 0. The first-order valence-electron chi connectivity index (χ1n) is 11.9. The number of carbonyl (C=O) groups is 2. The predicted octanol–water partition coefficient (Wildman–Crippen LogP) is 0.664. The minimum absolute atomic E-state index is 0.126. The highest BCUT2D eigenvalue weighted by atomic mass is 16.5. The van der Waals surface area contributed by atoms with Gasteiger partial charge in [0, 0.05) is 64.5 Å². The first-order chi connectivity index (χ1) is 15.6. The molecule has 4 heterocycles. The third-order valence-corrected chi connectivity index (χ3v) is 7.49. The topological polar surface area (TPSA) is 65.6 Å². The zero-order valence-corrected chi connectivity index (χ0v) is 18.8. The minimum atomic E-state index is -0.366. The van der Waals surface area contributed by atoms with Crippen LogP contribution in [0.25, 0.3) is 0 Å². The zero-order valence-electron chi connectivity index (χ0n) is 18.8. The number of para-hydroxylation sites is 1. The zero-order chi connectivity index (χ0) is 22.0. The Labute approximate surface area is 190 Å². The molecule has 4 aliphatic heterocycles. The summed E-state index contributed by atoms with van der Waals surface area (Å²) >= 11 is 0. The van der Waals surface area contributed by atoms with Crippen LogP contribution in [0.3, 0.4) is 0 Å². The Morgan fingerprint density at radius 1 is 0.938 bits per heavy atom. The number of ether oxygens (including phenoxy) is 2. The number of fused-ring (bicyclic) bond motifs is 1. The molecule has 174 valence electrons. The molecule has 3 fully saturated rings. The number of benzene rings is 1. The number of hydrogen-bond acceptors (Lipinski definition) is 6. The molecular weight excluding hydrogens is 408 g/mol. The summed E-state index contributed by atoms with van der Waals surface area (Å²) in [4.78, 5) is 34.8. The predicted molar refractivity (Wildman–Crippen MR) is 119 cm³/mol. The number of carbonyl (C=O) groups excluding carboxylic acids is 2. The third kappa shape index (κ3) is 4.49. The summed E-state index contributed by atoms with van der Waals surface area (Å²) in [7, 11) is 0. The van der Waals surface area contributed by atoms with E-state index in [1.54, 1.807) is 0 Å². The second-order valence-corrected chi connectivity index (χ2v) is 9.51. The molecule has 0 radical (unpaired) electrons. The van der Waals surface area contributed by atoms with Crippen LogP contribution in [-0.2, 0) is 20.9 Å². The molecule has 8 nitrogen and oxygen atoms in total. The van der Waals surface area contributed by atoms with Gasteiger partial charge in [-0.05, 0) is 18.9 Å². The van der Waals surface area contributed by atoms with Crippen LogP contribution < -0.4 is 4.74 Å². The molecule has 0 saturated carbocycles. The van der Waals surface area contributed by atoms with Gasteiger partial charge in [0.2, 0.25) is 11.8 Å². The van der Waals surface area contributed by atoms with Gasteiger partial charge >= 0.3 is 0 Å². The molecule has 1 atom stereocenters. The molecule has 1 unspecified atom stereocenters. The number of likely N-dealkylation sites (tertiary alicyclic amines) is 2. The lowest BCUT2D eigenvalue weighted by Crippen LogP contribution is -2.44. The lowest BCUT2D eigenvalue weighted by Gasteiger charge is -2.29. The molecule has 0 bridgehead atoms. The fraction of sp³-hybridized carbons (Fsp3) is 0.667. The van der Waals surface area contributed by atoms with Gasteiger partial charge in [0.25, 0.3) is 0 Å². The number of amides is 2. The smallest absolute Gasteiger partial charge is 0.236 e. The number of morpholine rings is 1. The summed E-state index contributed by atoms with van der Waals surface area (Å²) in [6, 6.07) is 8.04. The van der Waals surface area contributed by atoms with Crippen molar-refractivity contribution < 1.29 is 19.1 Å². The Morgan fingerprint density at radius 2 is 1.72 bits per heavy atom. The minimum Gasteiger partial charge on any atom is -0.492 e. The van der Waals surface area contributed by atoms with E-state index >= 15 is 0 Å². The van der Waals surface area contributed by atoms with Gasteiger partial charge in [-0.3, -0.25) is 19.4 Å². The summed E-state index contributed by atoms with van der Waals surface area (Å²) in [6.07, 6.45) is 1.65. The summed E-state index contributed by atoms with van der Waals surface area (Å²) in [6.45, 7) is 9.62. The van der Waals surface area contributed by atoms with Gasteiger partial charge < -0.3 is 19.3 Å². The van der Waals surface area contributed by atoms with Crippen molar-refractivity contribution >= 4 is 11.8 Å². The average molecular weight is 443 g/mol. The first kappa shape index (κ1) is 21.7. The third-order valence-electron chi connectivity index (χ3n) is 7.49. The fourth-order valence-electron chi connectivity index (χ4n) is 5.46. The lowest BCUT2D eigenvalue weighted by atomic mass is 9.85. The summed E-state index contributed by atoms with van der Waals surface area (Å²) in [5.74, 6) is 1.29. The van der Waals surface area contributed by atoms with Crippen LogP contribution in [0.1, 0.15) is 18.4 Å². The van der Waals surface area contributed by atoms with Gasteiger partial charge in [0.15, 0.2) is 0 Å². The van der Waals surface area contributed by atoms with E-state index in [4.69, 9.17) is 9.47 Å². The van der Waals surface area contributed by atoms with E-state index in [-0.39, 0.29) is 17.2 Å². The fourth-order valence-corrected chi connectivity index (χ4v) is 5.46. The van der Waals surface area contributed by atoms with Crippen molar-refractivity contribution in [2.45, 2.75) is 19.4 Å². The molecule has 1 aromatic carbocycles. The lowest BCUT2D eigenvalue weighted by molar-refractivity contribution is -0.137.